The Kier molecular flexibility index (Phi) is 4.42. The Bertz CT molecular complexity index is 331. The Morgan fingerprint density at radius 2 is 1.88 bits per heavy atom. The van der Waals surface area contributed by atoms with E-state index in [9.17, 15) is 0 Å². The van der Waals surface area contributed by atoms with Gasteiger partial charge in [0.25, 0.3) is 0 Å². The van der Waals surface area contributed by atoms with Gasteiger partial charge in [-0.2, -0.15) is 0 Å². The van der Waals surface area contributed by atoms with Crippen molar-refractivity contribution in [2.24, 2.45) is 0 Å². The maximum absolute atomic E-state index is 3.75. The summed E-state index contributed by atoms with van der Waals surface area (Å²) in [4.78, 5) is 0. The molecule has 1 aromatic carbocycles. The Morgan fingerprint density at radius 1 is 1.19 bits per heavy atom. The van der Waals surface area contributed by atoms with Crippen molar-refractivity contribution in [2.75, 3.05) is 0 Å². The van der Waals surface area contributed by atoms with Crippen molar-refractivity contribution in [3.8, 4) is 0 Å². The lowest BCUT2D eigenvalue weighted by atomic mass is 9.94. The van der Waals surface area contributed by atoms with E-state index in [1.54, 1.807) is 0 Å². The number of benzene rings is 1. The van der Waals surface area contributed by atoms with Gasteiger partial charge in [-0.25, -0.2) is 0 Å². The average Bonchev–Trinajstić information content (AvgIpc) is 2.31. The van der Waals surface area contributed by atoms with E-state index in [0.29, 0.717) is 6.04 Å². The molecule has 1 unspecified atom stereocenters. The average molecular weight is 282 g/mol. The number of hydrogen-bond donors (Lipinski definition) is 1. The summed E-state index contributed by atoms with van der Waals surface area (Å²) < 4.78 is 1.21. The molecule has 1 N–H and O–H groups in total. The molecule has 0 saturated heterocycles. The topological polar surface area (TPSA) is 12.0 Å². The summed E-state index contributed by atoms with van der Waals surface area (Å²) in [6, 6.07) is 9.66. The van der Waals surface area contributed by atoms with Crippen LogP contribution in [-0.4, -0.2) is 6.04 Å². The van der Waals surface area contributed by atoms with Crippen LogP contribution in [0, 0.1) is 0 Å². The molecule has 0 radical (unpaired) electrons. The Balaban J connectivity index is 1.96. The van der Waals surface area contributed by atoms with E-state index >= 15 is 0 Å². The Morgan fingerprint density at radius 3 is 2.56 bits per heavy atom. The van der Waals surface area contributed by atoms with Crippen LogP contribution in [0.5, 0.6) is 0 Å². The second kappa shape index (κ2) is 5.83. The predicted octanol–water partition coefficient (Wildman–Crippen LogP) is 4.43. The molecule has 0 amide bonds. The minimum absolute atomic E-state index is 0.443. The highest BCUT2D eigenvalue weighted by Gasteiger charge is 2.17. The van der Waals surface area contributed by atoms with E-state index in [0.717, 1.165) is 6.04 Å². The molecule has 16 heavy (non-hydrogen) atoms. The zero-order chi connectivity index (χ0) is 11.4. The molecule has 88 valence electrons. The lowest BCUT2D eigenvalue weighted by Gasteiger charge is -2.27. The van der Waals surface area contributed by atoms with E-state index in [4.69, 9.17) is 0 Å². The van der Waals surface area contributed by atoms with Crippen LogP contribution in [0.2, 0.25) is 0 Å². The van der Waals surface area contributed by atoms with E-state index in [1.807, 2.05) is 0 Å². The molecule has 2 heteroatoms. The fourth-order valence-corrected chi connectivity index (χ4v) is 3.17. The monoisotopic (exact) mass is 281 g/mol. The van der Waals surface area contributed by atoms with Crippen LogP contribution in [0.1, 0.15) is 50.6 Å². The molecule has 1 nitrogen and oxygen atoms in total. The predicted molar refractivity (Wildman–Crippen MR) is 72.6 cm³/mol. The van der Waals surface area contributed by atoms with Gasteiger partial charge in [-0.05, 0) is 31.4 Å². The van der Waals surface area contributed by atoms with Gasteiger partial charge < -0.3 is 5.32 Å². The van der Waals surface area contributed by atoms with Gasteiger partial charge in [0, 0.05) is 16.6 Å². The van der Waals surface area contributed by atoms with Crippen molar-refractivity contribution in [3.63, 3.8) is 0 Å². The number of halogens is 1. The molecule has 1 aromatic rings. The summed E-state index contributed by atoms with van der Waals surface area (Å²) in [5, 5.41) is 3.75. The Labute approximate surface area is 107 Å². The molecule has 2 rings (SSSR count). The molecular weight excluding hydrogens is 262 g/mol. The fourth-order valence-electron chi connectivity index (χ4n) is 2.54. The second-order valence-electron chi connectivity index (χ2n) is 4.74. The third-order valence-corrected chi connectivity index (χ3v) is 4.18. The quantitative estimate of drug-likeness (QED) is 0.864. The lowest BCUT2D eigenvalue weighted by Crippen LogP contribution is -2.33. The minimum atomic E-state index is 0.443. The summed E-state index contributed by atoms with van der Waals surface area (Å²) in [7, 11) is 0. The van der Waals surface area contributed by atoms with Gasteiger partial charge in [0.05, 0.1) is 0 Å². The van der Waals surface area contributed by atoms with Gasteiger partial charge >= 0.3 is 0 Å². The number of rotatable bonds is 3. The van der Waals surface area contributed by atoms with Crippen LogP contribution in [-0.2, 0) is 0 Å². The first-order valence-electron chi connectivity index (χ1n) is 6.28. The SMILES string of the molecule is CC(NC1CCCCC1)c1ccccc1Br. The zero-order valence-electron chi connectivity index (χ0n) is 9.88. The van der Waals surface area contributed by atoms with E-state index in [1.165, 1.54) is 42.1 Å². The molecule has 0 spiro atoms. The van der Waals surface area contributed by atoms with Crippen molar-refractivity contribution >= 4 is 15.9 Å². The van der Waals surface area contributed by atoms with E-state index < -0.39 is 0 Å². The molecule has 0 aliphatic heterocycles. The van der Waals surface area contributed by atoms with Gasteiger partial charge in [-0.15, -0.1) is 0 Å². The molecule has 1 atom stereocenters. The van der Waals surface area contributed by atoms with Crippen LogP contribution in [0.15, 0.2) is 28.7 Å². The van der Waals surface area contributed by atoms with Crippen LogP contribution in [0.25, 0.3) is 0 Å². The molecule has 1 saturated carbocycles. The lowest BCUT2D eigenvalue weighted by molar-refractivity contribution is 0.346. The molecule has 1 aliphatic rings. The highest BCUT2D eigenvalue weighted by atomic mass is 79.9. The highest BCUT2D eigenvalue weighted by Crippen LogP contribution is 2.25. The second-order valence-corrected chi connectivity index (χ2v) is 5.60. The normalized spacial score (nSPS) is 19.6. The molecule has 0 heterocycles. The maximum Gasteiger partial charge on any atom is 0.0305 e. The summed E-state index contributed by atoms with van der Waals surface area (Å²) >= 11 is 3.62. The Hall–Kier alpha value is -0.340. The van der Waals surface area contributed by atoms with Crippen LogP contribution >= 0.6 is 15.9 Å². The van der Waals surface area contributed by atoms with Crippen molar-refractivity contribution < 1.29 is 0 Å². The van der Waals surface area contributed by atoms with E-state index in [-0.39, 0.29) is 0 Å². The molecule has 1 aliphatic carbocycles. The smallest absolute Gasteiger partial charge is 0.0305 e. The van der Waals surface area contributed by atoms with Crippen molar-refractivity contribution in [1.29, 1.82) is 0 Å². The van der Waals surface area contributed by atoms with Crippen molar-refractivity contribution in [3.05, 3.63) is 34.3 Å². The summed E-state index contributed by atoms with van der Waals surface area (Å²) in [6.07, 6.45) is 6.88. The third kappa shape index (κ3) is 3.08. The van der Waals surface area contributed by atoms with Crippen molar-refractivity contribution in [2.45, 2.75) is 51.1 Å². The molecular formula is C14H20BrN. The first-order chi connectivity index (χ1) is 7.77. The fraction of sp³-hybridized carbons (Fsp3) is 0.571. The van der Waals surface area contributed by atoms with Gasteiger partial charge in [-0.1, -0.05) is 53.4 Å². The largest absolute Gasteiger partial charge is 0.307 e. The van der Waals surface area contributed by atoms with Crippen LogP contribution in [0.4, 0.5) is 0 Å². The molecule has 0 aromatic heterocycles. The van der Waals surface area contributed by atoms with E-state index in [2.05, 4.69) is 52.4 Å². The standard InChI is InChI=1S/C14H20BrN/c1-11(13-9-5-6-10-14(13)15)16-12-7-3-2-4-8-12/h5-6,9-12,16H,2-4,7-8H2,1H3. The third-order valence-electron chi connectivity index (χ3n) is 3.46. The van der Waals surface area contributed by atoms with Gasteiger partial charge in [-0.3, -0.25) is 0 Å². The maximum atomic E-state index is 3.75. The van der Waals surface area contributed by atoms with Crippen molar-refractivity contribution in [1.82, 2.24) is 5.32 Å². The van der Waals surface area contributed by atoms with Gasteiger partial charge in [0.2, 0.25) is 0 Å². The molecule has 1 fully saturated rings. The van der Waals surface area contributed by atoms with Crippen LogP contribution in [0.3, 0.4) is 0 Å². The van der Waals surface area contributed by atoms with Gasteiger partial charge in [0.15, 0.2) is 0 Å². The number of nitrogens with one attached hydrogen (secondary N) is 1. The minimum Gasteiger partial charge on any atom is -0.307 e. The summed E-state index contributed by atoms with van der Waals surface area (Å²) in [6.45, 7) is 2.26. The summed E-state index contributed by atoms with van der Waals surface area (Å²) in [5.41, 5.74) is 1.37. The number of hydrogen-bond acceptors (Lipinski definition) is 1. The zero-order valence-corrected chi connectivity index (χ0v) is 11.5. The first-order valence-corrected chi connectivity index (χ1v) is 7.07. The molecule has 0 bridgehead atoms. The summed E-state index contributed by atoms with van der Waals surface area (Å²) in [5.74, 6) is 0. The first kappa shape index (κ1) is 12.1. The van der Waals surface area contributed by atoms with Gasteiger partial charge in [0.1, 0.15) is 0 Å². The van der Waals surface area contributed by atoms with Crippen LogP contribution < -0.4 is 5.32 Å². The highest BCUT2D eigenvalue weighted by molar-refractivity contribution is 9.10.